The second kappa shape index (κ2) is 6.92. The Morgan fingerprint density at radius 1 is 1.26 bits per heavy atom. The number of rotatable bonds is 6. The lowest BCUT2D eigenvalue weighted by Crippen LogP contribution is -2.19. The average molecular weight is 264 g/mol. The Balaban J connectivity index is 2.94. The predicted octanol–water partition coefficient (Wildman–Crippen LogP) is 0.847. The number of aromatic nitrogens is 1. The first kappa shape index (κ1) is 15.2. The van der Waals surface area contributed by atoms with Gasteiger partial charge in [0.1, 0.15) is 17.7 Å². The van der Waals surface area contributed by atoms with E-state index >= 15 is 0 Å². The van der Waals surface area contributed by atoms with Crippen molar-refractivity contribution in [1.29, 1.82) is 5.26 Å². The smallest absolute Gasteiger partial charge is 0.146 e. The van der Waals surface area contributed by atoms with Crippen molar-refractivity contribution in [1.82, 2.24) is 4.98 Å². The number of hydrogen-bond donors (Lipinski definition) is 4. The summed E-state index contributed by atoms with van der Waals surface area (Å²) in [4.78, 5) is 4.28. The molecule has 0 aliphatic carbocycles. The third-order valence-electron chi connectivity index (χ3n) is 2.47. The summed E-state index contributed by atoms with van der Waals surface area (Å²) in [7, 11) is 0. The van der Waals surface area contributed by atoms with Crippen LogP contribution in [0.25, 0.3) is 0 Å². The zero-order chi connectivity index (χ0) is 14.4. The van der Waals surface area contributed by atoms with Gasteiger partial charge in [0.05, 0.1) is 17.8 Å². The lowest BCUT2D eigenvalue weighted by Gasteiger charge is -2.14. The van der Waals surface area contributed by atoms with Gasteiger partial charge >= 0.3 is 0 Å². The van der Waals surface area contributed by atoms with E-state index in [1.807, 2.05) is 6.92 Å². The molecule has 19 heavy (non-hydrogen) atoms. The first-order valence-electron chi connectivity index (χ1n) is 6.19. The maximum atomic E-state index is 9.27. The van der Waals surface area contributed by atoms with Crippen LogP contribution in [0, 0.1) is 18.3 Å². The summed E-state index contributed by atoms with van der Waals surface area (Å²) in [5, 5.41) is 33.6. The highest BCUT2D eigenvalue weighted by molar-refractivity contribution is 5.60. The Morgan fingerprint density at radius 3 is 2.37 bits per heavy atom. The maximum absolute atomic E-state index is 9.27. The third-order valence-corrected chi connectivity index (χ3v) is 2.47. The van der Waals surface area contributed by atoms with Crippen LogP contribution in [0.15, 0.2) is 6.07 Å². The average Bonchev–Trinajstić information content (AvgIpc) is 2.33. The molecule has 0 radical (unpaired) electrons. The largest absolute Gasteiger partial charge is 0.392 e. The molecule has 0 spiro atoms. The van der Waals surface area contributed by atoms with E-state index in [0.29, 0.717) is 30.3 Å². The van der Waals surface area contributed by atoms with Gasteiger partial charge in [0.25, 0.3) is 0 Å². The summed E-state index contributed by atoms with van der Waals surface area (Å²) >= 11 is 0. The minimum absolute atomic E-state index is 0.320. The quantitative estimate of drug-likeness (QED) is 0.607. The number of aryl methyl sites for hydroxylation is 1. The van der Waals surface area contributed by atoms with Crippen LogP contribution in [0.5, 0.6) is 0 Å². The number of hydrogen-bond acceptors (Lipinski definition) is 6. The van der Waals surface area contributed by atoms with Gasteiger partial charge in [-0.25, -0.2) is 4.98 Å². The monoisotopic (exact) mass is 264 g/mol. The summed E-state index contributed by atoms with van der Waals surface area (Å²) in [6.45, 7) is 5.86. The third kappa shape index (κ3) is 4.73. The minimum atomic E-state index is -0.525. The highest BCUT2D eigenvalue weighted by Gasteiger charge is 2.10. The first-order chi connectivity index (χ1) is 8.93. The van der Waals surface area contributed by atoms with Crippen molar-refractivity contribution in [3.05, 3.63) is 17.2 Å². The molecule has 2 atom stereocenters. The van der Waals surface area contributed by atoms with Gasteiger partial charge in [-0.15, -0.1) is 0 Å². The van der Waals surface area contributed by atoms with Gasteiger partial charge in [-0.05, 0) is 32.4 Å². The van der Waals surface area contributed by atoms with Crippen LogP contribution < -0.4 is 10.6 Å². The van der Waals surface area contributed by atoms with Crippen LogP contribution in [0.3, 0.4) is 0 Å². The molecule has 0 saturated heterocycles. The molecule has 1 heterocycles. The van der Waals surface area contributed by atoms with Crippen molar-refractivity contribution in [2.45, 2.75) is 33.0 Å². The van der Waals surface area contributed by atoms with Crippen molar-refractivity contribution in [2.75, 3.05) is 23.7 Å². The molecular formula is C13H20N4O2. The summed E-state index contributed by atoms with van der Waals surface area (Å²) in [6.07, 6.45) is -1.01. The van der Waals surface area contributed by atoms with Crippen LogP contribution in [0.4, 0.5) is 11.6 Å². The molecule has 6 nitrogen and oxygen atoms in total. The highest BCUT2D eigenvalue weighted by Crippen LogP contribution is 2.20. The molecule has 0 fully saturated rings. The number of pyridine rings is 1. The van der Waals surface area contributed by atoms with E-state index in [4.69, 9.17) is 5.26 Å². The van der Waals surface area contributed by atoms with Gasteiger partial charge in [-0.2, -0.15) is 5.26 Å². The summed E-state index contributed by atoms with van der Waals surface area (Å²) in [5.41, 5.74) is 1.25. The van der Waals surface area contributed by atoms with Crippen LogP contribution in [-0.4, -0.2) is 40.5 Å². The lowest BCUT2D eigenvalue weighted by molar-refractivity contribution is 0.208. The van der Waals surface area contributed by atoms with Crippen molar-refractivity contribution in [3.8, 4) is 6.07 Å². The van der Waals surface area contributed by atoms with E-state index in [0.717, 1.165) is 5.56 Å². The Morgan fingerprint density at radius 2 is 1.84 bits per heavy atom. The van der Waals surface area contributed by atoms with Crippen LogP contribution in [0.1, 0.15) is 25.0 Å². The molecular weight excluding hydrogens is 244 g/mol. The summed E-state index contributed by atoms with van der Waals surface area (Å²) in [5.74, 6) is 1.03. The number of aliphatic hydroxyl groups is 2. The summed E-state index contributed by atoms with van der Waals surface area (Å²) < 4.78 is 0. The number of nitrogens with zero attached hydrogens (tertiary/aromatic N) is 2. The second-order valence-corrected chi connectivity index (χ2v) is 4.62. The van der Waals surface area contributed by atoms with Crippen molar-refractivity contribution in [3.63, 3.8) is 0 Å². The molecule has 0 aliphatic heterocycles. The van der Waals surface area contributed by atoms with Crippen molar-refractivity contribution < 1.29 is 10.2 Å². The Hall–Kier alpha value is -1.84. The SMILES string of the molecule is Cc1cc(NCC(C)O)nc(NCC(C)O)c1C#N. The Labute approximate surface area is 113 Å². The van der Waals surface area contributed by atoms with Crippen LogP contribution >= 0.6 is 0 Å². The molecule has 0 saturated carbocycles. The number of anilines is 2. The van der Waals surface area contributed by atoms with E-state index in [9.17, 15) is 10.2 Å². The molecule has 2 unspecified atom stereocenters. The topological polar surface area (TPSA) is 101 Å². The molecule has 0 aliphatic rings. The molecule has 1 aromatic heterocycles. The van der Waals surface area contributed by atoms with E-state index in [-0.39, 0.29) is 0 Å². The molecule has 1 aromatic rings. The Kier molecular flexibility index (Phi) is 5.55. The van der Waals surface area contributed by atoms with E-state index in [1.54, 1.807) is 19.9 Å². The fraction of sp³-hybridized carbons (Fsp3) is 0.538. The minimum Gasteiger partial charge on any atom is -0.392 e. The van der Waals surface area contributed by atoms with Gasteiger partial charge in [-0.3, -0.25) is 0 Å². The van der Waals surface area contributed by atoms with Crippen molar-refractivity contribution >= 4 is 11.6 Å². The number of nitriles is 1. The van der Waals surface area contributed by atoms with Gasteiger partial charge in [0.15, 0.2) is 0 Å². The highest BCUT2D eigenvalue weighted by atomic mass is 16.3. The van der Waals surface area contributed by atoms with Crippen molar-refractivity contribution in [2.24, 2.45) is 0 Å². The number of aliphatic hydroxyl groups excluding tert-OH is 2. The standard InChI is InChI=1S/C13H20N4O2/c1-8-4-12(15-6-9(2)18)17-13(11(8)5-14)16-7-10(3)19/h4,9-10,18-19H,6-7H2,1-3H3,(H2,15,16,17). The molecule has 0 aromatic carbocycles. The zero-order valence-electron chi connectivity index (χ0n) is 11.4. The molecule has 6 heteroatoms. The fourth-order valence-corrected chi connectivity index (χ4v) is 1.53. The first-order valence-corrected chi connectivity index (χ1v) is 6.19. The van der Waals surface area contributed by atoms with Gasteiger partial charge in [0.2, 0.25) is 0 Å². The molecule has 0 amide bonds. The van der Waals surface area contributed by atoms with E-state index in [1.165, 1.54) is 0 Å². The van der Waals surface area contributed by atoms with E-state index < -0.39 is 12.2 Å². The van der Waals surface area contributed by atoms with E-state index in [2.05, 4.69) is 21.7 Å². The molecule has 104 valence electrons. The second-order valence-electron chi connectivity index (χ2n) is 4.62. The normalized spacial score (nSPS) is 13.5. The van der Waals surface area contributed by atoms with Gasteiger partial charge in [0, 0.05) is 13.1 Å². The van der Waals surface area contributed by atoms with Crippen LogP contribution in [-0.2, 0) is 0 Å². The molecule has 0 bridgehead atoms. The fourth-order valence-electron chi connectivity index (χ4n) is 1.53. The van der Waals surface area contributed by atoms with Gasteiger partial charge < -0.3 is 20.8 Å². The Bertz CT molecular complexity index is 466. The molecule has 4 N–H and O–H groups in total. The van der Waals surface area contributed by atoms with Gasteiger partial charge in [-0.1, -0.05) is 0 Å². The lowest BCUT2D eigenvalue weighted by atomic mass is 10.1. The van der Waals surface area contributed by atoms with Crippen LogP contribution in [0.2, 0.25) is 0 Å². The molecule has 1 rings (SSSR count). The maximum Gasteiger partial charge on any atom is 0.146 e. The summed E-state index contributed by atoms with van der Waals surface area (Å²) in [6, 6.07) is 3.85. The number of nitrogens with one attached hydrogen (secondary N) is 2. The predicted molar refractivity (Wildman–Crippen MR) is 74.0 cm³/mol. The zero-order valence-corrected chi connectivity index (χ0v) is 11.4.